The van der Waals surface area contributed by atoms with Crippen LogP contribution in [0.25, 0.3) is 0 Å². The molecule has 3 saturated heterocycles. The van der Waals surface area contributed by atoms with Crippen molar-refractivity contribution < 1.29 is 0 Å². The number of aromatic nitrogens is 4. The quantitative estimate of drug-likeness (QED) is 0.321. The average molecular weight is 573 g/mol. The van der Waals surface area contributed by atoms with Crippen LogP contribution in [0, 0.1) is 0 Å². The number of thiocarbonyl (C=S) groups is 2. The van der Waals surface area contributed by atoms with E-state index >= 15 is 0 Å². The Balaban J connectivity index is 0.000000122. The fraction of sp³-hybridized carbons (Fsp3) is 0.333. The molecule has 4 unspecified atom stereocenters. The lowest BCUT2D eigenvalue weighted by atomic mass is 9.96. The molecule has 0 bridgehead atoms. The second-order valence-electron chi connectivity index (χ2n) is 10.2. The summed E-state index contributed by atoms with van der Waals surface area (Å²) in [5, 5.41) is 8.27. The van der Waals surface area contributed by atoms with Crippen molar-refractivity contribution >= 4 is 34.7 Å². The van der Waals surface area contributed by atoms with Gasteiger partial charge in [0, 0.05) is 69.0 Å². The number of hydrogen-bond donors (Lipinski definition) is 3. The maximum atomic E-state index is 5.61. The smallest absolute Gasteiger partial charge is 0.190 e. The normalized spacial score (nSPS) is 22.9. The lowest BCUT2D eigenvalue weighted by molar-refractivity contribution is 0.441. The van der Waals surface area contributed by atoms with Gasteiger partial charge in [-0.05, 0) is 54.3 Å². The zero-order valence-corrected chi connectivity index (χ0v) is 24.1. The molecule has 0 aliphatic carbocycles. The summed E-state index contributed by atoms with van der Waals surface area (Å²) in [5.41, 5.74) is 8.50. The van der Waals surface area contributed by atoms with E-state index in [9.17, 15) is 0 Å². The zero-order chi connectivity index (χ0) is 27.7. The lowest BCUT2D eigenvalue weighted by Gasteiger charge is -2.15. The van der Waals surface area contributed by atoms with Crippen molar-refractivity contribution in [2.45, 2.75) is 36.8 Å². The summed E-state index contributed by atoms with van der Waals surface area (Å²) in [7, 11) is 0. The molecule has 4 atom stereocenters. The third-order valence-electron chi connectivity index (χ3n) is 7.66. The largest absolute Gasteiger partial charge is 0.360 e. The second-order valence-corrected chi connectivity index (χ2v) is 11.0. The Morgan fingerprint density at radius 2 is 1.45 bits per heavy atom. The molecule has 10 heteroatoms. The molecule has 2 aromatic carbocycles. The number of nitrogens with one attached hydrogen (secondary N) is 2. The second kappa shape index (κ2) is 13.8. The fourth-order valence-corrected chi connectivity index (χ4v) is 6.01. The van der Waals surface area contributed by atoms with Gasteiger partial charge in [-0.2, -0.15) is 0 Å². The zero-order valence-electron chi connectivity index (χ0n) is 22.4. The van der Waals surface area contributed by atoms with Gasteiger partial charge in [0.15, 0.2) is 10.2 Å². The van der Waals surface area contributed by atoms with Crippen molar-refractivity contribution in [1.29, 1.82) is 0 Å². The number of benzene rings is 2. The van der Waals surface area contributed by atoms with E-state index in [1.54, 1.807) is 46.6 Å². The Kier molecular flexibility index (Phi) is 9.67. The van der Waals surface area contributed by atoms with E-state index in [4.69, 9.17) is 30.2 Å². The molecule has 0 saturated carbocycles. The molecular formula is C30H36N8S2. The highest BCUT2D eigenvalue weighted by Crippen LogP contribution is 2.33. The summed E-state index contributed by atoms with van der Waals surface area (Å²) < 4.78 is 3.49. The summed E-state index contributed by atoms with van der Waals surface area (Å²) in [6.07, 6.45) is 12.7. The van der Waals surface area contributed by atoms with Crippen LogP contribution in [0.2, 0.25) is 0 Å². The predicted molar refractivity (Wildman–Crippen MR) is 167 cm³/mol. The molecule has 4 N–H and O–H groups in total. The Bertz CT molecular complexity index is 1290. The van der Waals surface area contributed by atoms with E-state index in [-0.39, 0.29) is 0 Å². The van der Waals surface area contributed by atoms with Crippen molar-refractivity contribution in [2.24, 2.45) is 5.73 Å². The number of nitrogens with two attached hydrogens (primary N) is 1. The van der Waals surface area contributed by atoms with Crippen LogP contribution in [0.15, 0.2) is 98.1 Å². The number of imidazole rings is 2. The van der Waals surface area contributed by atoms with Crippen LogP contribution in [0.4, 0.5) is 0 Å². The maximum Gasteiger partial charge on any atom is 0.190 e. The number of rotatable bonds is 3. The molecule has 8 nitrogen and oxygen atoms in total. The molecule has 4 aromatic rings. The fourth-order valence-electron chi connectivity index (χ4n) is 5.49. The standard InChI is InChI=1S/C12H14N2S.C11H16N2.C7H6N4S/c15-12-13-7-11-6-10(8-14(11)12)9-4-2-1-3-5-9;12-7-11-6-10(8-13-11)9-4-2-1-3-5-9;12-7(10-3-1-8-5-10)11-4-2-9-6-11/h1-5,10-11H,6-8H2,(H,13,15);1-5,10-11,13H,6-8,12H2;1-6H. The third-order valence-corrected chi connectivity index (χ3v) is 8.46. The Morgan fingerprint density at radius 3 is 1.95 bits per heavy atom. The monoisotopic (exact) mass is 572 g/mol. The van der Waals surface area contributed by atoms with Gasteiger partial charge in [0.1, 0.15) is 12.7 Å². The summed E-state index contributed by atoms with van der Waals surface area (Å²) in [5.74, 6) is 1.32. The molecule has 0 radical (unpaired) electrons. The molecule has 2 aromatic heterocycles. The Morgan fingerprint density at radius 1 is 0.850 bits per heavy atom. The maximum absolute atomic E-state index is 5.61. The molecule has 3 aliphatic rings. The highest BCUT2D eigenvalue weighted by molar-refractivity contribution is 7.80. The van der Waals surface area contributed by atoms with Gasteiger partial charge in [0.2, 0.25) is 0 Å². The average Bonchev–Trinajstić information content (AvgIpc) is 3.85. The van der Waals surface area contributed by atoms with E-state index in [0.29, 0.717) is 29.0 Å². The van der Waals surface area contributed by atoms with Gasteiger partial charge < -0.3 is 21.3 Å². The van der Waals surface area contributed by atoms with Crippen LogP contribution < -0.4 is 16.4 Å². The van der Waals surface area contributed by atoms with Crippen molar-refractivity contribution in [3.05, 3.63) is 109 Å². The molecule has 3 aliphatic heterocycles. The van der Waals surface area contributed by atoms with Crippen LogP contribution in [0.3, 0.4) is 0 Å². The van der Waals surface area contributed by atoms with Crippen LogP contribution in [0.1, 0.15) is 35.8 Å². The van der Waals surface area contributed by atoms with Crippen LogP contribution in [-0.2, 0) is 0 Å². The van der Waals surface area contributed by atoms with Crippen LogP contribution >= 0.6 is 24.4 Å². The molecule has 5 heterocycles. The minimum absolute atomic E-state index is 0.519. The lowest BCUT2D eigenvalue weighted by Crippen LogP contribution is -2.29. The first-order valence-electron chi connectivity index (χ1n) is 13.7. The van der Waals surface area contributed by atoms with E-state index in [0.717, 1.165) is 31.3 Å². The molecule has 40 heavy (non-hydrogen) atoms. The van der Waals surface area contributed by atoms with Crippen molar-refractivity contribution in [1.82, 2.24) is 34.6 Å². The summed E-state index contributed by atoms with van der Waals surface area (Å²) >= 11 is 10.4. The van der Waals surface area contributed by atoms with Gasteiger partial charge in [0.05, 0.1) is 0 Å². The van der Waals surface area contributed by atoms with Crippen molar-refractivity contribution in [3.8, 4) is 0 Å². The van der Waals surface area contributed by atoms with E-state index in [1.807, 2.05) is 0 Å². The van der Waals surface area contributed by atoms with Crippen molar-refractivity contribution in [2.75, 3.05) is 26.2 Å². The van der Waals surface area contributed by atoms with Crippen molar-refractivity contribution in [3.63, 3.8) is 0 Å². The van der Waals surface area contributed by atoms with E-state index < -0.39 is 0 Å². The minimum atomic E-state index is 0.519. The van der Waals surface area contributed by atoms with Gasteiger partial charge in [-0.1, -0.05) is 60.7 Å². The number of nitrogens with zero attached hydrogens (tertiary/aromatic N) is 5. The van der Waals surface area contributed by atoms with E-state index in [1.165, 1.54) is 24.0 Å². The molecule has 0 amide bonds. The molecule has 7 rings (SSSR count). The van der Waals surface area contributed by atoms with Crippen LogP contribution in [0.5, 0.6) is 0 Å². The summed E-state index contributed by atoms with van der Waals surface area (Å²) in [6, 6.07) is 22.6. The Labute approximate surface area is 246 Å². The molecule has 0 spiro atoms. The summed E-state index contributed by atoms with van der Waals surface area (Å²) in [4.78, 5) is 10.1. The van der Waals surface area contributed by atoms with Gasteiger partial charge in [-0.3, -0.25) is 9.13 Å². The van der Waals surface area contributed by atoms with Gasteiger partial charge in [-0.15, -0.1) is 0 Å². The minimum Gasteiger partial charge on any atom is -0.360 e. The Hall–Kier alpha value is -3.44. The number of hydrogen-bond acceptors (Lipinski definition) is 6. The molecule has 3 fully saturated rings. The molecule has 208 valence electrons. The van der Waals surface area contributed by atoms with Gasteiger partial charge in [-0.25, -0.2) is 9.97 Å². The number of fused-ring (bicyclic) bond motifs is 1. The van der Waals surface area contributed by atoms with Crippen LogP contribution in [-0.4, -0.2) is 72.5 Å². The topological polar surface area (TPSA) is 89.0 Å². The summed E-state index contributed by atoms with van der Waals surface area (Å²) in [6.45, 7) is 3.94. The highest BCUT2D eigenvalue weighted by atomic mass is 32.1. The first-order chi connectivity index (χ1) is 19.6. The van der Waals surface area contributed by atoms with E-state index in [2.05, 4.69) is 86.2 Å². The van der Waals surface area contributed by atoms with Gasteiger partial charge in [0.25, 0.3) is 0 Å². The third kappa shape index (κ3) is 7.00. The predicted octanol–water partition coefficient (Wildman–Crippen LogP) is 3.58. The SMILES string of the molecule is NCC1CC(c2ccccc2)CN1.S=C(n1ccnc1)n1ccnc1.S=C1NCC2CC(c3ccccc3)CN12. The first kappa shape index (κ1) is 28.1. The molecular weight excluding hydrogens is 537 g/mol. The van der Waals surface area contributed by atoms with Gasteiger partial charge >= 0.3 is 0 Å². The highest BCUT2D eigenvalue weighted by Gasteiger charge is 2.37. The first-order valence-corrected chi connectivity index (χ1v) is 14.5.